The molecule has 0 aliphatic heterocycles. The Balaban J connectivity index is 2.21. The van der Waals surface area contributed by atoms with Crippen LogP contribution in [0.4, 0.5) is 13.2 Å². The summed E-state index contributed by atoms with van der Waals surface area (Å²) in [6.45, 7) is 5.99. The Hall–Kier alpha value is -1.63. The van der Waals surface area contributed by atoms with Gasteiger partial charge in [-0.1, -0.05) is 32.1 Å². The lowest BCUT2D eigenvalue weighted by molar-refractivity contribution is -0.137. The number of thiazole rings is 1. The maximum Gasteiger partial charge on any atom is 0.416 e. The van der Waals surface area contributed by atoms with E-state index in [1.165, 1.54) is 17.4 Å². The van der Waals surface area contributed by atoms with Crippen LogP contribution in [0, 0.1) is 0 Å². The molecular formula is C13H12F3N3S. The van der Waals surface area contributed by atoms with Crippen molar-refractivity contribution in [3.63, 3.8) is 0 Å². The fourth-order valence-electron chi connectivity index (χ4n) is 1.88. The maximum atomic E-state index is 12.7. The summed E-state index contributed by atoms with van der Waals surface area (Å²) in [5.74, 6) is 0.686. The first-order valence-corrected chi connectivity index (χ1v) is 6.85. The molecule has 0 fully saturated rings. The summed E-state index contributed by atoms with van der Waals surface area (Å²) in [6.07, 6.45) is -4.33. The van der Waals surface area contributed by atoms with Crippen molar-refractivity contribution in [3.8, 4) is 0 Å². The lowest BCUT2D eigenvalue weighted by atomic mass is 9.96. The van der Waals surface area contributed by atoms with Crippen molar-refractivity contribution in [1.82, 2.24) is 14.6 Å². The second-order valence-electron chi connectivity index (χ2n) is 5.66. The van der Waals surface area contributed by atoms with E-state index in [2.05, 4.69) is 10.1 Å². The molecule has 0 amide bonds. The maximum absolute atomic E-state index is 12.7. The van der Waals surface area contributed by atoms with Gasteiger partial charge in [0.25, 0.3) is 0 Å². The van der Waals surface area contributed by atoms with Crippen molar-refractivity contribution in [3.05, 3.63) is 29.6 Å². The van der Waals surface area contributed by atoms with Gasteiger partial charge in [0.15, 0.2) is 5.82 Å². The average molecular weight is 299 g/mol. The van der Waals surface area contributed by atoms with Crippen LogP contribution in [0.2, 0.25) is 0 Å². The molecule has 3 aromatic rings. The molecule has 0 radical (unpaired) electrons. The van der Waals surface area contributed by atoms with Gasteiger partial charge in [0, 0.05) is 5.41 Å². The van der Waals surface area contributed by atoms with Gasteiger partial charge in [0.2, 0.25) is 4.96 Å². The molecule has 0 bridgehead atoms. The van der Waals surface area contributed by atoms with Gasteiger partial charge in [-0.25, -0.2) is 9.50 Å². The number of alkyl halides is 3. The highest BCUT2D eigenvalue weighted by Gasteiger charge is 2.31. The van der Waals surface area contributed by atoms with Crippen LogP contribution in [-0.2, 0) is 11.6 Å². The number of rotatable bonds is 0. The lowest BCUT2D eigenvalue weighted by Gasteiger charge is -2.12. The topological polar surface area (TPSA) is 30.2 Å². The predicted molar refractivity (Wildman–Crippen MR) is 72.1 cm³/mol. The summed E-state index contributed by atoms with van der Waals surface area (Å²) < 4.78 is 40.2. The molecule has 20 heavy (non-hydrogen) atoms. The van der Waals surface area contributed by atoms with E-state index in [4.69, 9.17) is 0 Å². The first kappa shape index (κ1) is 13.4. The van der Waals surface area contributed by atoms with Gasteiger partial charge in [-0.15, -0.1) is 5.10 Å². The summed E-state index contributed by atoms with van der Waals surface area (Å²) in [5, 5.41) is 4.40. The van der Waals surface area contributed by atoms with E-state index in [1.54, 1.807) is 4.52 Å². The molecule has 106 valence electrons. The third-order valence-electron chi connectivity index (χ3n) is 2.96. The molecule has 0 N–H and O–H groups in total. The molecule has 3 nitrogen and oxygen atoms in total. The Labute approximate surface area is 117 Å². The van der Waals surface area contributed by atoms with E-state index in [0.29, 0.717) is 21.0 Å². The SMILES string of the molecule is CC(C)(C)c1nc2sc3cc(C(F)(F)F)ccc3n2n1. The van der Waals surface area contributed by atoms with Crippen molar-refractivity contribution in [2.75, 3.05) is 0 Å². The van der Waals surface area contributed by atoms with Gasteiger partial charge in [0.05, 0.1) is 15.8 Å². The van der Waals surface area contributed by atoms with Crippen molar-refractivity contribution in [1.29, 1.82) is 0 Å². The van der Waals surface area contributed by atoms with Crippen LogP contribution in [-0.4, -0.2) is 14.6 Å². The first-order chi connectivity index (χ1) is 9.16. The van der Waals surface area contributed by atoms with Crippen LogP contribution in [0.1, 0.15) is 32.2 Å². The Bertz CT molecular complexity index is 777. The Morgan fingerprint density at radius 1 is 1.15 bits per heavy atom. The van der Waals surface area contributed by atoms with Crippen LogP contribution >= 0.6 is 11.3 Å². The molecular weight excluding hydrogens is 287 g/mol. The molecule has 0 saturated heterocycles. The highest BCUT2D eigenvalue weighted by atomic mass is 32.1. The zero-order chi connectivity index (χ0) is 14.7. The number of hydrogen-bond acceptors (Lipinski definition) is 3. The fourth-order valence-corrected chi connectivity index (χ4v) is 2.88. The number of nitrogens with zero attached hydrogens (tertiary/aromatic N) is 3. The third kappa shape index (κ3) is 2.06. The van der Waals surface area contributed by atoms with E-state index in [-0.39, 0.29) is 5.41 Å². The standard InChI is InChI=1S/C13H12F3N3S/c1-12(2,3)10-17-11-19(18-10)8-5-4-7(13(14,15)16)6-9(8)20-11/h4-6H,1-3H3. The van der Waals surface area contributed by atoms with Crippen molar-refractivity contribution in [2.45, 2.75) is 32.4 Å². The largest absolute Gasteiger partial charge is 0.416 e. The average Bonchev–Trinajstić information content (AvgIpc) is 2.82. The third-order valence-corrected chi connectivity index (χ3v) is 3.96. The van der Waals surface area contributed by atoms with Gasteiger partial charge in [-0.3, -0.25) is 0 Å². The second-order valence-corrected chi connectivity index (χ2v) is 6.67. The number of hydrogen-bond donors (Lipinski definition) is 0. The summed E-state index contributed by atoms with van der Waals surface area (Å²) in [4.78, 5) is 5.02. The monoisotopic (exact) mass is 299 g/mol. The smallest absolute Gasteiger partial charge is 0.203 e. The number of aromatic nitrogens is 3. The molecule has 3 rings (SSSR count). The molecule has 1 aromatic carbocycles. The Kier molecular flexibility index (Phi) is 2.63. The van der Waals surface area contributed by atoms with Crippen molar-refractivity contribution in [2.24, 2.45) is 0 Å². The van der Waals surface area contributed by atoms with E-state index < -0.39 is 11.7 Å². The minimum atomic E-state index is -4.33. The summed E-state index contributed by atoms with van der Waals surface area (Å²) in [6, 6.07) is 3.67. The van der Waals surface area contributed by atoms with E-state index >= 15 is 0 Å². The predicted octanol–water partition coefficient (Wildman–Crippen LogP) is 4.26. The lowest BCUT2D eigenvalue weighted by Crippen LogP contribution is -2.13. The van der Waals surface area contributed by atoms with E-state index in [9.17, 15) is 13.2 Å². The van der Waals surface area contributed by atoms with E-state index in [0.717, 1.165) is 12.1 Å². The van der Waals surface area contributed by atoms with Crippen LogP contribution in [0.15, 0.2) is 18.2 Å². The van der Waals surface area contributed by atoms with Gasteiger partial charge < -0.3 is 0 Å². The van der Waals surface area contributed by atoms with Gasteiger partial charge in [-0.05, 0) is 18.2 Å². The highest BCUT2D eigenvalue weighted by molar-refractivity contribution is 7.23. The molecule has 0 spiro atoms. The molecule has 2 aromatic heterocycles. The minimum absolute atomic E-state index is 0.191. The molecule has 0 saturated carbocycles. The Morgan fingerprint density at radius 2 is 1.85 bits per heavy atom. The zero-order valence-corrected chi connectivity index (χ0v) is 11.9. The van der Waals surface area contributed by atoms with Crippen LogP contribution in [0.25, 0.3) is 15.2 Å². The van der Waals surface area contributed by atoms with Crippen molar-refractivity contribution < 1.29 is 13.2 Å². The number of halogens is 3. The minimum Gasteiger partial charge on any atom is -0.203 e. The highest BCUT2D eigenvalue weighted by Crippen LogP contribution is 2.34. The van der Waals surface area contributed by atoms with Gasteiger partial charge >= 0.3 is 6.18 Å². The van der Waals surface area contributed by atoms with E-state index in [1.807, 2.05) is 20.8 Å². The number of fused-ring (bicyclic) bond motifs is 3. The van der Waals surface area contributed by atoms with Crippen LogP contribution in [0.3, 0.4) is 0 Å². The van der Waals surface area contributed by atoms with Gasteiger partial charge in [-0.2, -0.15) is 13.2 Å². The molecule has 0 atom stereocenters. The molecule has 0 unspecified atom stereocenters. The molecule has 7 heteroatoms. The summed E-state index contributed by atoms with van der Waals surface area (Å²) >= 11 is 1.22. The normalized spacial score (nSPS) is 13.5. The molecule has 0 aliphatic carbocycles. The number of benzene rings is 1. The Morgan fingerprint density at radius 3 is 2.45 bits per heavy atom. The van der Waals surface area contributed by atoms with Crippen LogP contribution in [0.5, 0.6) is 0 Å². The zero-order valence-electron chi connectivity index (χ0n) is 11.1. The van der Waals surface area contributed by atoms with Crippen molar-refractivity contribution >= 4 is 26.5 Å². The summed E-state index contributed by atoms with van der Waals surface area (Å²) in [5.41, 5.74) is -0.184. The summed E-state index contributed by atoms with van der Waals surface area (Å²) in [7, 11) is 0. The molecule has 2 heterocycles. The molecule has 0 aliphatic rings. The first-order valence-electron chi connectivity index (χ1n) is 6.03. The van der Waals surface area contributed by atoms with Crippen LogP contribution < -0.4 is 0 Å². The quantitative estimate of drug-likeness (QED) is 0.621. The van der Waals surface area contributed by atoms with Gasteiger partial charge in [0.1, 0.15) is 0 Å². The fraction of sp³-hybridized carbons (Fsp3) is 0.385. The second kappa shape index (κ2) is 3.94.